The lowest BCUT2D eigenvalue weighted by molar-refractivity contribution is -0.113. The Morgan fingerprint density at radius 1 is 0.806 bits per heavy atom. The number of likely N-dealkylation sites (tertiary alicyclic amines) is 1. The quantitative estimate of drug-likeness (QED) is 0.263. The lowest BCUT2D eigenvalue weighted by Crippen LogP contribution is -2.41. The summed E-state index contributed by atoms with van der Waals surface area (Å²) in [6.07, 6.45) is 7.18. The number of piperidine rings is 1. The van der Waals surface area contributed by atoms with Crippen molar-refractivity contribution in [2.24, 2.45) is 0 Å². The van der Waals surface area contributed by atoms with Gasteiger partial charge in [0.25, 0.3) is 0 Å². The van der Waals surface area contributed by atoms with Gasteiger partial charge in [0.1, 0.15) is 11.5 Å². The van der Waals surface area contributed by atoms with Crippen LogP contribution in [0.3, 0.4) is 0 Å². The topological polar surface area (TPSA) is 65.1 Å². The number of Topliss-reactive ketones (excluding diaryl/α,β-unsaturated/α-hetero) is 1. The Labute approximate surface area is 214 Å². The van der Waals surface area contributed by atoms with E-state index in [2.05, 4.69) is 13.8 Å². The highest BCUT2D eigenvalue weighted by atomic mass is 16.6. The van der Waals surface area contributed by atoms with Gasteiger partial charge in [0.05, 0.1) is 32.9 Å². The molecule has 1 aliphatic heterocycles. The van der Waals surface area contributed by atoms with Crippen molar-refractivity contribution in [1.29, 1.82) is 0 Å². The minimum atomic E-state index is -0.443. The zero-order valence-corrected chi connectivity index (χ0v) is 21.6. The molecular formula is C30H37NO5. The minimum absolute atomic E-state index is 0.0951. The molecule has 3 rings (SSSR count). The number of amides is 1. The molecule has 1 aliphatic rings. The molecule has 6 nitrogen and oxygen atoms in total. The summed E-state index contributed by atoms with van der Waals surface area (Å²) in [5, 5.41) is 0. The van der Waals surface area contributed by atoms with Crippen molar-refractivity contribution in [2.75, 3.05) is 32.9 Å². The maximum atomic E-state index is 13.6. The lowest BCUT2D eigenvalue weighted by atomic mass is 9.94. The second kappa shape index (κ2) is 14.1. The number of unbranched alkanes of at least 4 members (excludes halogenated alkanes) is 2. The van der Waals surface area contributed by atoms with Crippen LogP contribution in [0, 0.1) is 0 Å². The predicted octanol–water partition coefficient (Wildman–Crippen LogP) is 6.55. The van der Waals surface area contributed by atoms with Gasteiger partial charge in [0, 0.05) is 22.3 Å². The molecule has 1 saturated heterocycles. The average Bonchev–Trinajstić information content (AvgIpc) is 2.88. The van der Waals surface area contributed by atoms with E-state index in [9.17, 15) is 9.59 Å². The molecule has 192 valence electrons. The first-order chi connectivity index (χ1) is 17.6. The van der Waals surface area contributed by atoms with Gasteiger partial charge >= 0.3 is 6.09 Å². The molecule has 0 aromatic heterocycles. The Bertz CT molecular complexity index is 1010. The zero-order valence-electron chi connectivity index (χ0n) is 21.6. The maximum absolute atomic E-state index is 13.6. The average molecular weight is 492 g/mol. The van der Waals surface area contributed by atoms with Crippen LogP contribution in [-0.4, -0.2) is 49.7 Å². The Morgan fingerprint density at radius 3 is 1.72 bits per heavy atom. The zero-order chi connectivity index (χ0) is 25.8. The van der Waals surface area contributed by atoms with Gasteiger partial charge in [-0.2, -0.15) is 0 Å². The van der Waals surface area contributed by atoms with Crippen LogP contribution in [0.25, 0.3) is 12.2 Å². The van der Waals surface area contributed by atoms with Crippen molar-refractivity contribution in [3.8, 4) is 11.5 Å². The van der Waals surface area contributed by atoms with E-state index in [1.54, 1.807) is 11.8 Å². The molecule has 6 heteroatoms. The van der Waals surface area contributed by atoms with Crippen molar-refractivity contribution in [1.82, 2.24) is 4.90 Å². The fourth-order valence-electron chi connectivity index (χ4n) is 3.87. The molecule has 0 unspecified atom stereocenters. The summed E-state index contributed by atoms with van der Waals surface area (Å²) in [7, 11) is 0. The fourth-order valence-corrected chi connectivity index (χ4v) is 3.87. The summed E-state index contributed by atoms with van der Waals surface area (Å²) in [5.74, 6) is 1.35. The largest absolute Gasteiger partial charge is 0.493 e. The van der Waals surface area contributed by atoms with Crippen molar-refractivity contribution in [3.05, 3.63) is 70.8 Å². The van der Waals surface area contributed by atoms with Gasteiger partial charge in [-0.25, -0.2) is 4.79 Å². The number of hydrogen-bond donors (Lipinski definition) is 0. The number of ether oxygens (including phenoxy) is 3. The van der Waals surface area contributed by atoms with Gasteiger partial charge in [-0.1, -0.05) is 63.1 Å². The van der Waals surface area contributed by atoms with E-state index in [1.807, 2.05) is 60.7 Å². The van der Waals surface area contributed by atoms with E-state index in [1.165, 1.54) is 0 Å². The Morgan fingerprint density at radius 2 is 1.28 bits per heavy atom. The van der Waals surface area contributed by atoms with E-state index in [-0.39, 0.29) is 25.5 Å². The van der Waals surface area contributed by atoms with Gasteiger partial charge in [-0.3, -0.25) is 9.69 Å². The molecule has 2 aromatic carbocycles. The number of nitrogens with zero attached hydrogens (tertiary/aromatic N) is 1. The Kier molecular flexibility index (Phi) is 10.6. The molecule has 1 heterocycles. The number of hydrogen-bond acceptors (Lipinski definition) is 5. The van der Waals surface area contributed by atoms with Crippen LogP contribution in [-0.2, 0) is 9.53 Å². The Balaban J connectivity index is 1.97. The monoisotopic (exact) mass is 491 g/mol. The minimum Gasteiger partial charge on any atom is -0.493 e. The molecule has 1 fully saturated rings. The highest BCUT2D eigenvalue weighted by Crippen LogP contribution is 2.28. The molecule has 0 atom stereocenters. The second-order valence-electron chi connectivity index (χ2n) is 8.70. The first-order valence-corrected chi connectivity index (χ1v) is 12.9. The molecule has 0 N–H and O–H groups in total. The molecule has 0 saturated carbocycles. The normalized spacial score (nSPS) is 15.9. The van der Waals surface area contributed by atoms with Gasteiger partial charge in [-0.05, 0) is 44.1 Å². The van der Waals surface area contributed by atoms with E-state index in [0.717, 1.165) is 48.3 Å². The number of para-hydroxylation sites is 2. The van der Waals surface area contributed by atoms with Crippen LogP contribution in [0.1, 0.15) is 57.6 Å². The third-order valence-electron chi connectivity index (χ3n) is 5.84. The van der Waals surface area contributed by atoms with Gasteiger partial charge in [-0.15, -0.1) is 0 Å². The van der Waals surface area contributed by atoms with Crippen molar-refractivity contribution < 1.29 is 23.8 Å². The van der Waals surface area contributed by atoms with Crippen LogP contribution in [0.4, 0.5) is 4.79 Å². The molecule has 0 spiro atoms. The second-order valence-corrected chi connectivity index (χ2v) is 8.70. The van der Waals surface area contributed by atoms with Crippen molar-refractivity contribution >= 4 is 24.0 Å². The molecule has 2 aromatic rings. The Hall–Kier alpha value is -3.54. The SMILES string of the molecule is CCCCOc1ccccc1/C=C1\CN(C(=O)OCC)C/C(=C\c2ccccc2OCCCC)C1=O. The van der Waals surface area contributed by atoms with Crippen molar-refractivity contribution in [3.63, 3.8) is 0 Å². The number of rotatable bonds is 11. The van der Waals surface area contributed by atoms with E-state index in [4.69, 9.17) is 14.2 Å². The van der Waals surface area contributed by atoms with Gasteiger partial charge in [0.15, 0.2) is 5.78 Å². The number of carbonyl (C=O) groups excluding carboxylic acids is 2. The molecule has 0 aliphatic carbocycles. The third kappa shape index (κ3) is 7.48. The van der Waals surface area contributed by atoms with Gasteiger partial charge < -0.3 is 14.2 Å². The molecule has 36 heavy (non-hydrogen) atoms. The summed E-state index contributed by atoms with van der Waals surface area (Å²) in [4.78, 5) is 27.8. The fraction of sp³-hybridized carbons (Fsp3) is 0.400. The molecule has 0 radical (unpaired) electrons. The summed E-state index contributed by atoms with van der Waals surface area (Å²) >= 11 is 0. The molecular weight excluding hydrogens is 454 g/mol. The van der Waals surface area contributed by atoms with Crippen LogP contribution < -0.4 is 9.47 Å². The van der Waals surface area contributed by atoms with Crippen molar-refractivity contribution in [2.45, 2.75) is 46.5 Å². The van der Waals surface area contributed by atoms with Crippen LogP contribution in [0.2, 0.25) is 0 Å². The standard InChI is InChI=1S/C30H37NO5/c1-4-7-17-35-27-15-11-9-13-23(27)19-25-21-31(30(33)34-6-3)22-26(29(25)32)20-24-14-10-12-16-28(24)36-18-8-5-2/h9-16,19-20H,4-8,17-18,21-22H2,1-3H3/b25-19+,26-20+. The smallest absolute Gasteiger partial charge is 0.410 e. The number of carbonyl (C=O) groups is 2. The van der Waals surface area contributed by atoms with Gasteiger partial charge in [0.2, 0.25) is 0 Å². The lowest BCUT2D eigenvalue weighted by Gasteiger charge is -2.29. The van der Waals surface area contributed by atoms with E-state index in [0.29, 0.717) is 24.4 Å². The highest BCUT2D eigenvalue weighted by molar-refractivity contribution is 6.15. The van der Waals surface area contributed by atoms with E-state index < -0.39 is 6.09 Å². The predicted molar refractivity (Wildman–Crippen MR) is 143 cm³/mol. The van der Waals surface area contributed by atoms with Crippen LogP contribution >= 0.6 is 0 Å². The summed E-state index contributed by atoms with van der Waals surface area (Å²) in [6, 6.07) is 15.3. The van der Waals surface area contributed by atoms with Crippen LogP contribution in [0.5, 0.6) is 11.5 Å². The van der Waals surface area contributed by atoms with E-state index >= 15 is 0 Å². The maximum Gasteiger partial charge on any atom is 0.410 e. The van der Waals surface area contributed by atoms with Crippen LogP contribution in [0.15, 0.2) is 59.7 Å². The summed E-state index contributed by atoms with van der Waals surface area (Å²) in [5.41, 5.74) is 2.64. The molecule has 1 amide bonds. The summed E-state index contributed by atoms with van der Waals surface area (Å²) < 4.78 is 17.2. The third-order valence-corrected chi connectivity index (χ3v) is 5.84. The molecule has 0 bridgehead atoms. The highest BCUT2D eigenvalue weighted by Gasteiger charge is 2.30. The number of ketones is 1. The summed E-state index contributed by atoms with van der Waals surface area (Å²) in [6.45, 7) is 7.84. The first kappa shape index (κ1) is 27.1. The number of benzene rings is 2. The first-order valence-electron chi connectivity index (χ1n) is 12.9.